The number of hydrogen-bond acceptors (Lipinski definition) is 4. The van der Waals surface area contributed by atoms with Gasteiger partial charge in [-0.05, 0) is 32.0 Å². The van der Waals surface area contributed by atoms with Gasteiger partial charge in [0, 0.05) is 29.1 Å². The summed E-state index contributed by atoms with van der Waals surface area (Å²) in [5, 5.41) is 7.60. The third kappa shape index (κ3) is 3.28. The molecule has 1 aromatic carbocycles. The van der Waals surface area contributed by atoms with Crippen molar-refractivity contribution in [3.8, 4) is 5.69 Å². The van der Waals surface area contributed by atoms with E-state index in [4.69, 9.17) is 0 Å². The third-order valence-corrected chi connectivity index (χ3v) is 4.77. The predicted molar refractivity (Wildman–Crippen MR) is 96.1 cm³/mol. The van der Waals surface area contributed by atoms with E-state index in [1.807, 2.05) is 57.2 Å². The number of aromatic amines is 1. The fourth-order valence-corrected chi connectivity index (χ4v) is 3.43. The fraction of sp³-hybridized carbons (Fsp3) is 0.278. The molecule has 0 bridgehead atoms. The smallest absolute Gasteiger partial charge is 0.208 e. The summed E-state index contributed by atoms with van der Waals surface area (Å²) in [4.78, 5) is 16.9. The predicted octanol–water partition coefficient (Wildman–Crippen LogP) is 3.75. The van der Waals surface area contributed by atoms with E-state index in [1.165, 1.54) is 11.8 Å². The molecule has 124 valence electrons. The molecule has 6 heteroatoms. The Morgan fingerprint density at radius 1 is 1.25 bits per heavy atom. The summed E-state index contributed by atoms with van der Waals surface area (Å²) in [7, 11) is 0. The molecule has 0 aliphatic rings. The van der Waals surface area contributed by atoms with E-state index in [1.54, 1.807) is 0 Å². The van der Waals surface area contributed by atoms with Gasteiger partial charge in [-0.1, -0.05) is 36.9 Å². The van der Waals surface area contributed by atoms with Crippen LogP contribution >= 0.6 is 11.8 Å². The monoisotopic (exact) mass is 340 g/mol. The molecule has 0 unspecified atom stereocenters. The molecule has 1 N–H and O–H groups in total. The van der Waals surface area contributed by atoms with Crippen molar-refractivity contribution < 1.29 is 4.79 Å². The lowest BCUT2D eigenvalue weighted by molar-refractivity contribution is 0.102. The average Bonchev–Trinajstić information content (AvgIpc) is 3.17. The van der Waals surface area contributed by atoms with Crippen LogP contribution in [0.25, 0.3) is 5.69 Å². The van der Waals surface area contributed by atoms with Gasteiger partial charge in [-0.3, -0.25) is 9.89 Å². The Balaban J connectivity index is 1.78. The molecule has 0 amide bonds. The van der Waals surface area contributed by atoms with Gasteiger partial charge in [-0.25, -0.2) is 4.98 Å². The van der Waals surface area contributed by atoms with E-state index in [2.05, 4.69) is 19.7 Å². The first-order valence-corrected chi connectivity index (χ1v) is 8.90. The van der Waals surface area contributed by atoms with Gasteiger partial charge in [0.1, 0.15) is 5.82 Å². The highest BCUT2D eigenvalue weighted by Crippen LogP contribution is 2.23. The molecule has 3 aromatic rings. The lowest BCUT2D eigenvalue weighted by atomic mass is 10.2. The van der Waals surface area contributed by atoms with Crippen molar-refractivity contribution in [2.75, 3.05) is 5.75 Å². The molecule has 0 aliphatic heterocycles. The van der Waals surface area contributed by atoms with Crippen molar-refractivity contribution in [2.45, 2.75) is 32.3 Å². The maximum absolute atomic E-state index is 12.6. The number of carbonyl (C=O) groups excluding carboxylic acids is 1. The van der Waals surface area contributed by atoms with Crippen molar-refractivity contribution in [2.24, 2.45) is 0 Å². The average molecular weight is 340 g/mol. The fourth-order valence-electron chi connectivity index (χ4n) is 2.73. The van der Waals surface area contributed by atoms with Crippen LogP contribution in [-0.4, -0.2) is 31.3 Å². The summed E-state index contributed by atoms with van der Waals surface area (Å²) in [5.41, 5.74) is 3.85. The summed E-state index contributed by atoms with van der Waals surface area (Å²) >= 11 is 1.37. The topological polar surface area (TPSA) is 63.6 Å². The Kier molecular flexibility index (Phi) is 4.85. The number of nitrogens with one attached hydrogen (secondary N) is 1. The Labute approximate surface area is 145 Å². The van der Waals surface area contributed by atoms with E-state index in [0.29, 0.717) is 10.9 Å². The Morgan fingerprint density at radius 2 is 2.00 bits per heavy atom. The van der Waals surface area contributed by atoms with E-state index < -0.39 is 0 Å². The second-order valence-corrected chi connectivity index (χ2v) is 6.53. The molecule has 0 aliphatic carbocycles. The van der Waals surface area contributed by atoms with Gasteiger partial charge in [-0.2, -0.15) is 0 Å². The van der Waals surface area contributed by atoms with Crippen LogP contribution < -0.4 is 0 Å². The third-order valence-electron chi connectivity index (χ3n) is 3.92. The first-order valence-electron chi connectivity index (χ1n) is 7.91. The molecule has 0 saturated carbocycles. The highest BCUT2D eigenvalue weighted by atomic mass is 32.2. The van der Waals surface area contributed by atoms with Gasteiger partial charge in [0.15, 0.2) is 5.78 Å². The maximum Gasteiger partial charge on any atom is 0.208 e. The van der Waals surface area contributed by atoms with E-state index in [9.17, 15) is 4.79 Å². The van der Waals surface area contributed by atoms with Crippen LogP contribution in [0.4, 0.5) is 0 Å². The summed E-state index contributed by atoms with van der Waals surface area (Å²) in [6.07, 6.45) is 0.805. The lowest BCUT2D eigenvalue weighted by Crippen LogP contribution is -2.05. The molecule has 0 atom stereocenters. The Hall–Kier alpha value is -2.34. The molecular weight excluding hydrogens is 320 g/mol. The zero-order chi connectivity index (χ0) is 17.1. The van der Waals surface area contributed by atoms with Crippen LogP contribution in [0.3, 0.4) is 0 Å². The first-order chi connectivity index (χ1) is 11.6. The largest absolute Gasteiger partial charge is 0.318 e. The van der Waals surface area contributed by atoms with Crippen molar-refractivity contribution in [1.29, 1.82) is 0 Å². The van der Waals surface area contributed by atoms with E-state index >= 15 is 0 Å². The van der Waals surface area contributed by atoms with Gasteiger partial charge >= 0.3 is 0 Å². The minimum atomic E-state index is 0.0955. The number of para-hydroxylation sites is 1. The minimum Gasteiger partial charge on any atom is -0.318 e. The normalized spacial score (nSPS) is 11.0. The Bertz CT molecular complexity index is 851. The molecule has 2 aromatic heterocycles. The van der Waals surface area contributed by atoms with Crippen LogP contribution in [0, 0.1) is 13.8 Å². The number of H-pyrrole nitrogens is 1. The number of rotatable bonds is 6. The number of aryl methyl sites for hydroxylation is 2. The van der Waals surface area contributed by atoms with Gasteiger partial charge in [0.25, 0.3) is 0 Å². The minimum absolute atomic E-state index is 0.0955. The number of Topliss-reactive ketones (excluding diaryl/α,β-unsaturated/α-hetero) is 1. The van der Waals surface area contributed by atoms with Crippen molar-refractivity contribution in [1.82, 2.24) is 19.7 Å². The molecule has 3 rings (SSSR count). The second-order valence-electron chi connectivity index (χ2n) is 5.59. The van der Waals surface area contributed by atoms with Crippen molar-refractivity contribution >= 4 is 17.5 Å². The maximum atomic E-state index is 12.6. The van der Waals surface area contributed by atoms with Crippen LogP contribution in [0.2, 0.25) is 0 Å². The van der Waals surface area contributed by atoms with Crippen molar-refractivity contribution in [3.63, 3.8) is 0 Å². The zero-order valence-electron chi connectivity index (χ0n) is 14.0. The SMILES string of the molecule is CCc1nc(SCC(=O)c2cc(C)n(-c3ccccc3)c2C)n[nH]1. The highest BCUT2D eigenvalue weighted by molar-refractivity contribution is 7.99. The van der Waals surface area contributed by atoms with Crippen LogP contribution in [0.5, 0.6) is 0 Å². The van der Waals surface area contributed by atoms with E-state index in [0.717, 1.165) is 34.9 Å². The van der Waals surface area contributed by atoms with Crippen LogP contribution in [0.15, 0.2) is 41.6 Å². The molecule has 2 heterocycles. The second kappa shape index (κ2) is 7.05. The summed E-state index contributed by atoms with van der Waals surface area (Å²) in [6.45, 7) is 6.02. The quantitative estimate of drug-likeness (QED) is 0.548. The van der Waals surface area contributed by atoms with Gasteiger partial charge in [0.05, 0.1) is 5.75 Å². The summed E-state index contributed by atoms with van der Waals surface area (Å²) in [6, 6.07) is 12.0. The van der Waals surface area contributed by atoms with Gasteiger partial charge < -0.3 is 4.57 Å². The standard InChI is InChI=1S/C18H20N4OS/c1-4-17-19-18(21-20-17)24-11-16(23)15-10-12(2)22(13(15)3)14-8-6-5-7-9-14/h5-10H,4,11H2,1-3H3,(H,19,20,21). The zero-order valence-corrected chi connectivity index (χ0v) is 14.9. The molecule has 5 nitrogen and oxygen atoms in total. The number of thioether (sulfide) groups is 1. The lowest BCUT2D eigenvalue weighted by Gasteiger charge is -2.09. The van der Waals surface area contributed by atoms with Crippen molar-refractivity contribution in [3.05, 3.63) is 59.2 Å². The van der Waals surface area contributed by atoms with Crippen LogP contribution in [-0.2, 0) is 6.42 Å². The number of benzene rings is 1. The highest BCUT2D eigenvalue weighted by Gasteiger charge is 2.17. The van der Waals surface area contributed by atoms with Gasteiger partial charge in [0.2, 0.25) is 5.16 Å². The van der Waals surface area contributed by atoms with E-state index in [-0.39, 0.29) is 5.78 Å². The number of hydrogen-bond donors (Lipinski definition) is 1. The Morgan fingerprint density at radius 3 is 2.67 bits per heavy atom. The summed E-state index contributed by atoms with van der Waals surface area (Å²) < 4.78 is 2.11. The molecule has 0 fully saturated rings. The molecule has 0 radical (unpaired) electrons. The number of nitrogens with zero attached hydrogens (tertiary/aromatic N) is 3. The molecule has 24 heavy (non-hydrogen) atoms. The van der Waals surface area contributed by atoms with Crippen LogP contribution in [0.1, 0.15) is 34.5 Å². The number of aromatic nitrogens is 4. The van der Waals surface area contributed by atoms with Gasteiger partial charge in [-0.15, -0.1) is 5.10 Å². The molecular formula is C18H20N4OS. The molecule has 0 saturated heterocycles. The number of ketones is 1. The summed E-state index contributed by atoms with van der Waals surface area (Å²) in [5.74, 6) is 1.27. The first kappa shape index (κ1) is 16.5. The number of carbonyl (C=O) groups is 1. The molecule has 0 spiro atoms.